The number of rotatable bonds is 7. The molecule has 0 radical (unpaired) electrons. The number of aliphatic hydroxyl groups is 1. The molecule has 3 atom stereocenters. The molecule has 3 N–H and O–H groups in total. The Morgan fingerprint density at radius 2 is 1.97 bits per heavy atom. The molecule has 0 unspecified atom stereocenters. The summed E-state index contributed by atoms with van der Waals surface area (Å²) >= 11 is 0. The predicted octanol–water partition coefficient (Wildman–Crippen LogP) is 4.35. The lowest BCUT2D eigenvalue weighted by molar-refractivity contribution is 0.128. The molecule has 31 heavy (non-hydrogen) atoms. The van der Waals surface area contributed by atoms with Crippen LogP contribution in [0, 0.1) is 5.92 Å². The molecule has 2 aromatic carbocycles. The standard InChI is InChI=1S/C26H34N2O3/c1-18(28-31-16-19-3-9-25(30-2)10-4-19)20-5-6-22-14-23(8-7-21(22)13-20)24-11-12-26(27,15-24)17-29/h3-4,7-10,14,20,24,29H,5-6,11-13,15-17,27H2,1-2H3/b28-18+/t20-,24+,26-/m1/s1. The fraction of sp³-hybridized carbons (Fsp3) is 0.500. The van der Waals surface area contributed by atoms with Crippen LogP contribution in [-0.2, 0) is 24.3 Å². The van der Waals surface area contributed by atoms with Crippen molar-refractivity contribution in [1.29, 1.82) is 0 Å². The van der Waals surface area contributed by atoms with Gasteiger partial charge in [0.15, 0.2) is 0 Å². The number of nitrogens with two attached hydrogens (primary N) is 1. The fourth-order valence-electron chi connectivity index (χ4n) is 4.98. The molecule has 1 fully saturated rings. The Bertz CT molecular complexity index is 925. The van der Waals surface area contributed by atoms with Gasteiger partial charge in [0.05, 0.1) is 19.4 Å². The molecule has 2 aliphatic carbocycles. The minimum absolute atomic E-state index is 0.0786. The molecule has 0 aliphatic heterocycles. The summed E-state index contributed by atoms with van der Waals surface area (Å²) in [5, 5.41) is 14.0. The summed E-state index contributed by atoms with van der Waals surface area (Å²) in [6.45, 7) is 2.62. The maximum atomic E-state index is 9.56. The third-order valence-corrected chi connectivity index (χ3v) is 7.08. The van der Waals surface area contributed by atoms with Gasteiger partial charge in [-0.05, 0) is 85.8 Å². The number of oxime groups is 1. The van der Waals surface area contributed by atoms with Crippen LogP contribution in [0.4, 0.5) is 0 Å². The summed E-state index contributed by atoms with van der Waals surface area (Å²) in [5.41, 5.74) is 12.3. The van der Waals surface area contributed by atoms with Crippen molar-refractivity contribution < 1.29 is 14.7 Å². The molecular formula is C26H34N2O3. The average Bonchev–Trinajstić information content (AvgIpc) is 3.21. The first-order valence-corrected chi connectivity index (χ1v) is 11.3. The number of ether oxygens (including phenoxy) is 1. The van der Waals surface area contributed by atoms with Gasteiger partial charge in [-0.2, -0.15) is 0 Å². The third-order valence-electron chi connectivity index (χ3n) is 7.08. The molecule has 2 aliphatic rings. The average molecular weight is 423 g/mol. The van der Waals surface area contributed by atoms with Crippen LogP contribution in [0.3, 0.4) is 0 Å². The Morgan fingerprint density at radius 1 is 1.16 bits per heavy atom. The lowest BCUT2D eigenvalue weighted by atomic mass is 9.80. The zero-order chi connectivity index (χ0) is 21.8. The van der Waals surface area contributed by atoms with E-state index in [1.54, 1.807) is 7.11 Å². The van der Waals surface area contributed by atoms with Crippen LogP contribution in [0.5, 0.6) is 5.75 Å². The second-order valence-corrected chi connectivity index (χ2v) is 9.28. The number of benzene rings is 2. The van der Waals surface area contributed by atoms with Crippen molar-refractivity contribution in [2.24, 2.45) is 16.8 Å². The maximum Gasteiger partial charge on any atom is 0.142 e. The van der Waals surface area contributed by atoms with Gasteiger partial charge in [0.2, 0.25) is 0 Å². The molecule has 0 aromatic heterocycles. The highest BCUT2D eigenvalue weighted by atomic mass is 16.6. The van der Waals surface area contributed by atoms with Crippen LogP contribution < -0.4 is 10.5 Å². The largest absolute Gasteiger partial charge is 0.497 e. The maximum absolute atomic E-state index is 9.56. The zero-order valence-corrected chi connectivity index (χ0v) is 18.6. The summed E-state index contributed by atoms with van der Waals surface area (Å²) < 4.78 is 5.19. The number of hydrogen-bond acceptors (Lipinski definition) is 5. The zero-order valence-electron chi connectivity index (χ0n) is 18.6. The van der Waals surface area contributed by atoms with Crippen LogP contribution in [0.1, 0.15) is 60.8 Å². The van der Waals surface area contributed by atoms with Gasteiger partial charge in [-0.1, -0.05) is 35.5 Å². The Balaban J connectivity index is 1.34. The Morgan fingerprint density at radius 3 is 2.68 bits per heavy atom. The summed E-state index contributed by atoms with van der Waals surface area (Å²) in [7, 11) is 1.67. The van der Waals surface area contributed by atoms with Crippen molar-refractivity contribution in [3.63, 3.8) is 0 Å². The minimum Gasteiger partial charge on any atom is -0.497 e. The van der Waals surface area contributed by atoms with Crippen molar-refractivity contribution in [3.8, 4) is 5.75 Å². The van der Waals surface area contributed by atoms with Crippen molar-refractivity contribution >= 4 is 5.71 Å². The van der Waals surface area contributed by atoms with Gasteiger partial charge in [0, 0.05) is 11.5 Å². The molecule has 2 aromatic rings. The van der Waals surface area contributed by atoms with Crippen molar-refractivity contribution in [3.05, 3.63) is 64.7 Å². The third kappa shape index (κ3) is 5.10. The van der Waals surface area contributed by atoms with Crippen LogP contribution in [0.25, 0.3) is 0 Å². The van der Waals surface area contributed by atoms with Gasteiger partial charge in [-0.25, -0.2) is 0 Å². The van der Waals surface area contributed by atoms with Crippen LogP contribution in [0.15, 0.2) is 47.6 Å². The minimum atomic E-state index is -0.398. The smallest absolute Gasteiger partial charge is 0.142 e. The Hall–Kier alpha value is -2.37. The lowest BCUT2D eigenvalue weighted by Crippen LogP contribution is -2.40. The van der Waals surface area contributed by atoms with E-state index in [1.807, 2.05) is 24.3 Å². The molecule has 0 heterocycles. The number of aliphatic hydroxyl groups excluding tert-OH is 1. The van der Waals surface area contributed by atoms with Gasteiger partial charge in [-0.15, -0.1) is 0 Å². The van der Waals surface area contributed by atoms with E-state index in [4.69, 9.17) is 15.3 Å². The Kier molecular flexibility index (Phi) is 6.63. The van der Waals surface area contributed by atoms with Gasteiger partial charge >= 0.3 is 0 Å². The first kappa shape index (κ1) is 21.8. The van der Waals surface area contributed by atoms with Crippen LogP contribution in [-0.4, -0.2) is 30.1 Å². The first-order chi connectivity index (χ1) is 15.0. The van der Waals surface area contributed by atoms with Gasteiger partial charge in [0.1, 0.15) is 12.4 Å². The number of hydrogen-bond donors (Lipinski definition) is 2. The molecule has 5 heteroatoms. The summed E-state index contributed by atoms with van der Waals surface area (Å²) in [4.78, 5) is 5.63. The Labute approximate surface area is 185 Å². The van der Waals surface area contributed by atoms with E-state index in [0.29, 0.717) is 18.4 Å². The van der Waals surface area contributed by atoms with Crippen LogP contribution >= 0.6 is 0 Å². The summed E-state index contributed by atoms with van der Waals surface area (Å²) in [5.74, 6) is 1.73. The fourth-order valence-corrected chi connectivity index (χ4v) is 4.98. The molecule has 4 rings (SSSR count). The van der Waals surface area contributed by atoms with E-state index in [1.165, 1.54) is 16.7 Å². The number of fused-ring (bicyclic) bond motifs is 1. The van der Waals surface area contributed by atoms with E-state index in [0.717, 1.165) is 55.5 Å². The topological polar surface area (TPSA) is 77.1 Å². The second-order valence-electron chi connectivity index (χ2n) is 9.28. The van der Waals surface area contributed by atoms with E-state index in [2.05, 4.69) is 30.3 Å². The molecule has 0 bridgehead atoms. The van der Waals surface area contributed by atoms with Crippen molar-refractivity contribution in [2.45, 2.75) is 63.5 Å². The summed E-state index contributed by atoms with van der Waals surface area (Å²) in [6, 6.07) is 14.8. The van der Waals surface area contributed by atoms with Gasteiger partial charge < -0.3 is 20.4 Å². The monoisotopic (exact) mass is 422 g/mol. The normalized spacial score (nSPS) is 25.9. The highest BCUT2D eigenvalue weighted by Gasteiger charge is 2.36. The number of nitrogens with zero attached hydrogens (tertiary/aromatic N) is 1. The van der Waals surface area contributed by atoms with E-state index in [9.17, 15) is 5.11 Å². The molecule has 0 amide bonds. The highest BCUT2D eigenvalue weighted by Crippen LogP contribution is 2.40. The lowest BCUT2D eigenvalue weighted by Gasteiger charge is -2.26. The molecule has 5 nitrogen and oxygen atoms in total. The highest BCUT2D eigenvalue weighted by molar-refractivity contribution is 5.84. The first-order valence-electron chi connectivity index (χ1n) is 11.3. The van der Waals surface area contributed by atoms with E-state index < -0.39 is 5.54 Å². The van der Waals surface area contributed by atoms with Crippen molar-refractivity contribution in [1.82, 2.24) is 0 Å². The van der Waals surface area contributed by atoms with Crippen LogP contribution in [0.2, 0.25) is 0 Å². The quantitative estimate of drug-likeness (QED) is 0.514. The van der Waals surface area contributed by atoms with Crippen molar-refractivity contribution in [2.75, 3.05) is 13.7 Å². The van der Waals surface area contributed by atoms with E-state index in [-0.39, 0.29) is 6.61 Å². The predicted molar refractivity (Wildman–Crippen MR) is 123 cm³/mol. The molecule has 0 spiro atoms. The van der Waals surface area contributed by atoms with Gasteiger partial charge in [0.25, 0.3) is 0 Å². The summed E-state index contributed by atoms with van der Waals surface area (Å²) in [6.07, 6.45) is 6.02. The SMILES string of the molecule is COc1ccc(CO/N=C(\C)[C@@H]2CCc3cc([C@H]4CC[C@](N)(CO)C4)ccc3C2)cc1. The molecular weight excluding hydrogens is 388 g/mol. The number of aryl methyl sites for hydroxylation is 1. The van der Waals surface area contributed by atoms with E-state index >= 15 is 0 Å². The second kappa shape index (κ2) is 9.41. The molecule has 0 saturated heterocycles. The molecule has 1 saturated carbocycles. The number of methoxy groups -OCH3 is 1. The molecule has 166 valence electrons. The van der Waals surface area contributed by atoms with Gasteiger partial charge in [-0.3, -0.25) is 0 Å².